The third-order valence-electron chi connectivity index (χ3n) is 4.99. The summed E-state index contributed by atoms with van der Waals surface area (Å²) in [7, 11) is 3.42. The van der Waals surface area contributed by atoms with Gasteiger partial charge in [0.25, 0.3) is 0 Å². The molecule has 32 heavy (non-hydrogen) atoms. The van der Waals surface area contributed by atoms with Crippen LogP contribution >= 0.6 is 11.8 Å². The van der Waals surface area contributed by atoms with E-state index in [0.717, 1.165) is 16.9 Å². The zero-order chi connectivity index (χ0) is 22.3. The SMILES string of the molecule is COc1ccccc1CN(C)C(=O)CSc1nnc(-c2ccco2)n1Cc1ccccc1. The fourth-order valence-electron chi connectivity index (χ4n) is 3.31. The van der Waals surface area contributed by atoms with Gasteiger partial charge in [0.15, 0.2) is 10.9 Å². The first-order chi connectivity index (χ1) is 15.7. The maximum atomic E-state index is 12.8. The van der Waals surface area contributed by atoms with E-state index in [4.69, 9.17) is 9.15 Å². The summed E-state index contributed by atoms with van der Waals surface area (Å²) in [4.78, 5) is 14.5. The fraction of sp³-hybridized carbons (Fsp3) is 0.208. The molecule has 0 aliphatic heterocycles. The Morgan fingerprint density at radius 3 is 2.59 bits per heavy atom. The largest absolute Gasteiger partial charge is 0.496 e. The summed E-state index contributed by atoms with van der Waals surface area (Å²) in [6.07, 6.45) is 1.61. The minimum Gasteiger partial charge on any atom is -0.496 e. The van der Waals surface area contributed by atoms with Crippen LogP contribution in [0, 0.1) is 0 Å². The maximum absolute atomic E-state index is 12.8. The van der Waals surface area contributed by atoms with Crippen molar-refractivity contribution in [2.45, 2.75) is 18.2 Å². The maximum Gasteiger partial charge on any atom is 0.233 e. The van der Waals surface area contributed by atoms with Crippen molar-refractivity contribution in [2.75, 3.05) is 19.9 Å². The molecular formula is C24H24N4O3S. The van der Waals surface area contributed by atoms with Crippen molar-refractivity contribution < 1.29 is 13.9 Å². The van der Waals surface area contributed by atoms with Gasteiger partial charge in [0.05, 0.1) is 25.7 Å². The van der Waals surface area contributed by atoms with E-state index in [-0.39, 0.29) is 11.7 Å². The first-order valence-electron chi connectivity index (χ1n) is 10.2. The lowest BCUT2D eigenvalue weighted by atomic mass is 10.2. The first-order valence-corrected chi connectivity index (χ1v) is 11.1. The predicted octanol–water partition coefficient (Wildman–Crippen LogP) is 4.35. The van der Waals surface area contributed by atoms with Crippen molar-refractivity contribution >= 4 is 17.7 Å². The molecule has 0 aliphatic rings. The number of carbonyl (C=O) groups is 1. The molecule has 1 amide bonds. The van der Waals surface area contributed by atoms with Crippen LogP contribution in [0.5, 0.6) is 5.75 Å². The van der Waals surface area contributed by atoms with Gasteiger partial charge >= 0.3 is 0 Å². The quantitative estimate of drug-likeness (QED) is 0.355. The highest BCUT2D eigenvalue weighted by Crippen LogP contribution is 2.26. The van der Waals surface area contributed by atoms with Crippen molar-refractivity contribution in [3.63, 3.8) is 0 Å². The Morgan fingerprint density at radius 1 is 1.06 bits per heavy atom. The van der Waals surface area contributed by atoms with Gasteiger partial charge < -0.3 is 14.1 Å². The van der Waals surface area contributed by atoms with Gasteiger partial charge in [-0.3, -0.25) is 9.36 Å². The van der Waals surface area contributed by atoms with E-state index in [1.807, 2.05) is 71.3 Å². The van der Waals surface area contributed by atoms with Gasteiger partial charge in [-0.2, -0.15) is 0 Å². The van der Waals surface area contributed by atoms with Gasteiger partial charge in [-0.05, 0) is 23.8 Å². The summed E-state index contributed by atoms with van der Waals surface area (Å²) in [5.74, 6) is 2.28. The van der Waals surface area contributed by atoms with E-state index in [0.29, 0.717) is 29.8 Å². The molecule has 2 aromatic carbocycles. The van der Waals surface area contributed by atoms with E-state index in [9.17, 15) is 4.79 Å². The van der Waals surface area contributed by atoms with Crippen LogP contribution in [-0.4, -0.2) is 45.5 Å². The second-order valence-electron chi connectivity index (χ2n) is 7.21. The second kappa shape index (κ2) is 10.2. The Morgan fingerprint density at radius 2 is 1.84 bits per heavy atom. The molecule has 8 heteroatoms. The summed E-state index contributed by atoms with van der Waals surface area (Å²) in [6, 6.07) is 21.4. The molecule has 0 unspecified atom stereocenters. The smallest absolute Gasteiger partial charge is 0.233 e. The number of ether oxygens (including phenoxy) is 1. The van der Waals surface area contributed by atoms with E-state index in [2.05, 4.69) is 10.2 Å². The normalized spacial score (nSPS) is 10.8. The molecular weight excluding hydrogens is 424 g/mol. The van der Waals surface area contributed by atoms with E-state index in [1.165, 1.54) is 11.8 Å². The van der Waals surface area contributed by atoms with Gasteiger partial charge in [-0.25, -0.2) is 0 Å². The van der Waals surface area contributed by atoms with E-state index in [1.54, 1.807) is 25.3 Å². The number of benzene rings is 2. The molecule has 0 N–H and O–H groups in total. The highest BCUT2D eigenvalue weighted by Gasteiger charge is 2.19. The summed E-state index contributed by atoms with van der Waals surface area (Å²) >= 11 is 1.37. The number of methoxy groups -OCH3 is 1. The molecule has 0 aliphatic carbocycles. The molecule has 164 valence electrons. The van der Waals surface area contributed by atoms with Gasteiger partial charge in [0.2, 0.25) is 11.7 Å². The summed E-state index contributed by atoms with van der Waals surface area (Å²) in [5.41, 5.74) is 2.07. The molecule has 7 nitrogen and oxygen atoms in total. The van der Waals surface area contributed by atoms with Gasteiger partial charge in [0, 0.05) is 19.2 Å². The summed E-state index contributed by atoms with van der Waals surface area (Å²) in [5, 5.41) is 9.33. The molecule has 0 saturated carbocycles. The molecule has 0 saturated heterocycles. The standard InChI is InChI=1S/C24H24N4O3S/c1-27(16-19-11-6-7-12-20(19)30-2)22(29)17-32-24-26-25-23(21-13-8-14-31-21)28(24)15-18-9-4-3-5-10-18/h3-14H,15-17H2,1-2H3. The van der Waals surface area contributed by atoms with Gasteiger partial charge in [-0.1, -0.05) is 60.3 Å². The van der Waals surface area contributed by atoms with Crippen molar-refractivity contribution in [1.82, 2.24) is 19.7 Å². The van der Waals surface area contributed by atoms with Crippen LogP contribution in [0.2, 0.25) is 0 Å². The first kappa shape index (κ1) is 21.7. The van der Waals surface area contributed by atoms with Crippen LogP contribution in [0.1, 0.15) is 11.1 Å². The van der Waals surface area contributed by atoms with Crippen LogP contribution in [0.15, 0.2) is 82.6 Å². The molecule has 2 heterocycles. The number of furan rings is 1. The van der Waals surface area contributed by atoms with Crippen molar-refractivity contribution in [3.8, 4) is 17.3 Å². The van der Waals surface area contributed by atoms with Crippen molar-refractivity contribution in [3.05, 3.63) is 84.1 Å². The average Bonchev–Trinajstić information content (AvgIpc) is 3.48. The predicted molar refractivity (Wildman–Crippen MR) is 123 cm³/mol. The number of para-hydroxylation sites is 1. The molecule has 4 aromatic rings. The van der Waals surface area contributed by atoms with Gasteiger partial charge in [0.1, 0.15) is 5.75 Å². The molecule has 0 radical (unpaired) electrons. The number of rotatable bonds is 9. The lowest BCUT2D eigenvalue weighted by molar-refractivity contribution is -0.127. The highest BCUT2D eigenvalue weighted by molar-refractivity contribution is 7.99. The Balaban J connectivity index is 1.48. The number of aromatic nitrogens is 3. The minimum absolute atomic E-state index is 0.00489. The monoisotopic (exact) mass is 448 g/mol. The zero-order valence-corrected chi connectivity index (χ0v) is 18.8. The van der Waals surface area contributed by atoms with Crippen LogP contribution in [0.25, 0.3) is 11.6 Å². The lowest BCUT2D eigenvalue weighted by Crippen LogP contribution is -2.28. The van der Waals surface area contributed by atoms with Crippen molar-refractivity contribution in [1.29, 1.82) is 0 Å². The molecule has 2 aromatic heterocycles. The minimum atomic E-state index is -0.00489. The third kappa shape index (κ3) is 5.03. The zero-order valence-electron chi connectivity index (χ0n) is 18.0. The van der Waals surface area contributed by atoms with Crippen LogP contribution < -0.4 is 4.74 Å². The van der Waals surface area contributed by atoms with Crippen LogP contribution in [0.3, 0.4) is 0 Å². The fourth-order valence-corrected chi connectivity index (χ4v) is 4.18. The lowest BCUT2D eigenvalue weighted by Gasteiger charge is -2.18. The Hall–Kier alpha value is -3.52. The second-order valence-corrected chi connectivity index (χ2v) is 8.15. The van der Waals surface area contributed by atoms with Gasteiger partial charge in [-0.15, -0.1) is 10.2 Å². The van der Waals surface area contributed by atoms with E-state index >= 15 is 0 Å². The number of thioether (sulfide) groups is 1. The highest BCUT2D eigenvalue weighted by atomic mass is 32.2. The Bertz CT molecular complexity index is 1160. The van der Waals surface area contributed by atoms with E-state index < -0.39 is 0 Å². The molecule has 0 fully saturated rings. The number of hydrogen-bond acceptors (Lipinski definition) is 6. The number of carbonyl (C=O) groups excluding carboxylic acids is 1. The van der Waals surface area contributed by atoms with Crippen LogP contribution in [-0.2, 0) is 17.9 Å². The topological polar surface area (TPSA) is 73.4 Å². The number of nitrogens with zero attached hydrogens (tertiary/aromatic N) is 4. The summed E-state index contributed by atoms with van der Waals surface area (Å²) in [6.45, 7) is 1.05. The Labute approximate surface area is 191 Å². The number of amides is 1. The number of hydrogen-bond donors (Lipinski definition) is 0. The van der Waals surface area contributed by atoms with Crippen LogP contribution in [0.4, 0.5) is 0 Å². The molecule has 0 spiro atoms. The van der Waals surface area contributed by atoms with Crippen molar-refractivity contribution in [2.24, 2.45) is 0 Å². The summed E-state index contributed by atoms with van der Waals surface area (Å²) < 4.78 is 12.9. The molecule has 4 rings (SSSR count). The molecule has 0 bridgehead atoms. The Kier molecular flexibility index (Phi) is 6.91. The average molecular weight is 449 g/mol. The molecule has 0 atom stereocenters. The third-order valence-corrected chi connectivity index (χ3v) is 5.94.